The molecule has 0 bridgehead atoms. The van der Waals surface area contributed by atoms with Crippen molar-refractivity contribution in [3.8, 4) is 0 Å². The van der Waals surface area contributed by atoms with Crippen LogP contribution in [0.15, 0.2) is 6.20 Å². The number of rotatable bonds is 4. The predicted octanol–water partition coefficient (Wildman–Crippen LogP) is 1.000. The molecule has 0 saturated carbocycles. The zero-order chi connectivity index (χ0) is 9.84. The maximum Gasteiger partial charge on any atom is 0.307 e. The maximum absolute atomic E-state index is 10.5. The number of carboxylic acid groups (broad SMARTS) is 1. The van der Waals surface area contributed by atoms with Crippen LogP contribution in [0.3, 0.4) is 0 Å². The lowest BCUT2D eigenvalue weighted by atomic mass is 10.1. The number of aliphatic carboxylic acids is 1. The van der Waals surface area contributed by atoms with Gasteiger partial charge >= 0.3 is 5.97 Å². The van der Waals surface area contributed by atoms with Gasteiger partial charge < -0.3 is 5.11 Å². The molecule has 13 heavy (non-hydrogen) atoms. The molecule has 1 rings (SSSR count). The largest absolute Gasteiger partial charge is 0.481 e. The van der Waals surface area contributed by atoms with Gasteiger partial charge in [-0.3, -0.25) is 9.48 Å². The summed E-state index contributed by atoms with van der Waals surface area (Å²) in [5.41, 5.74) is 1.74. The van der Waals surface area contributed by atoms with Crippen molar-refractivity contribution in [2.75, 3.05) is 0 Å². The molecule has 4 nitrogen and oxygen atoms in total. The van der Waals surface area contributed by atoms with E-state index in [-0.39, 0.29) is 6.42 Å². The molecule has 0 aliphatic heterocycles. The van der Waals surface area contributed by atoms with E-state index in [4.69, 9.17) is 5.11 Å². The summed E-state index contributed by atoms with van der Waals surface area (Å²) in [4.78, 5) is 10.5. The minimum absolute atomic E-state index is 0.0726. The topological polar surface area (TPSA) is 55.1 Å². The molecular formula is C9H14N2O2. The Balaban J connectivity index is 2.83. The van der Waals surface area contributed by atoms with Crippen LogP contribution in [0.1, 0.15) is 24.6 Å². The third-order valence-electron chi connectivity index (χ3n) is 1.82. The van der Waals surface area contributed by atoms with Crippen molar-refractivity contribution in [1.82, 2.24) is 9.78 Å². The van der Waals surface area contributed by atoms with Crippen LogP contribution in [0.4, 0.5) is 0 Å². The first-order chi connectivity index (χ1) is 6.13. The lowest BCUT2D eigenvalue weighted by Crippen LogP contribution is -2.01. The molecule has 0 unspecified atom stereocenters. The highest BCUT2D eigenvalue weighted by Crippen LogP contribution is 2.09. The van der Waals surface area contributed by atoms with Crippen LogP contribution in [0.2, 0.25) is 0 Å². The summed E-state index contributed by atoms with van der Waals surface area (Å²) in [7, 11) is 1.81. The van der Waals surface area contributed by atoms with E-state index in [1.165, 1.54) is 0 Å². The minimum atomic E-state index is -0.801. The van der Waals surface area contributed by atoms with E-state index in [0.29, 0.717) is 0 Å². The Morgan fingerprint density at radius 3 is 2.92 bits per heavy atom. The first kappa shape index (κ1) is 9.77. The molecule has 4 heteroatoms. The van der Waals surface area contributed by atoms with Gasteiger partial charge in [-0.25, -0.2) is 0 Å². The molecule has 1 aromatic heterocycles. The summed E-state index contributed by atoms with van der Waals surface area (Å²) < 4.78 is 1.67. The van der Waals surface area contributed by atoms with Crippen molar-refractivity contribution < 1.29 is 9.90 Å². The van der Waals surface area contributed by atoms with E-state index in [0.717, 1.165) is 24.1 Å². The number of hydrogen-bond acceptors (Lipinski definition) is 2. The number of aryl methyl sites for hydroxylation is 2. The van der Waals surface area contributed by atoms with Gasteiger partial charge in [0.2, 0.25) is 0 Å². The standard InChI is InChI=1S/C9H14N2O2/c1-3-4-8-7(5-9(12)13)6-11(2)10-8/h6H,3-5H2,1-2H3,(H,12,13). The molecule has 1 aromatic rings. The molecular weight excluding hydrogens is 168 g/mol. The second-order valence-corrected chi connectivity index (χ2v) is 3.10. The monoisotopic (exact) mass is 182 g/mol. The molecule has 1 heterocycles. The fourth-order valence-electron chi connectivity index (χ4n) is 1.34. The van der Waals surface area contributed by atoms with Crippen LogP contribution in [0.25, 0.3) is 0 Å². The van der Waals surface area contributed by atoms with Crippen molar-refractivity contribution >= 4 is 5.97 Å². The average Bonchev–Trinajstić information content (AvgIpc) is 2.31. The zero-order valence-corrected chi connectivity index (χ0v) is 7.95. The van der Waals surface area contributed by atoms with Crippen molar-refractivity contribution in [1.29, 1.82) is 0 Å². The molecule has 0 saturated heterocycles. The summed E-state index contributed by atoms with van der Waals surface area (Å²) in [6.45, 7) is 2.05. The molecule has 0 radical (unpaired) electrons. The number of hydrogen-bond donors (Lipinski definition) is 1. The summed E-state index contributed by atoms with van der Waals surface area (Å²) in [6, 6.07) is 0. The summed E-state index contributed by atoms with van der Waals surface area (Å²) in [5, 5.41) is 12.8. The SMILES string of the molecule is CCCc1nn(C)cc1CC(=O)O. The van der Waals surface area contributed by atoms with E-state index in [9.17, 15) is 4.79 Å². The Morgan fingerprint density at radius 2 is 2.38 bits per heavy atom. The van der Waals surface area contributed by atoms with Gasteiger partial charge in [0.25, 0.3) is 0 Å². The van der Waals surface area contributed by atoms with Crippen LogP contribution in [0, 0.1) is 0 Å². The zero-order valence-electron chi connectivity index (χ0n) is 7.95. The molecule has 0 fully saturated rings. The fraction of sp³-hybridized carbons (Fsp3) is 0.556. The van der Waals surface area contributed by atoms with Gasteiger partial charge in [-0.15, -0.1) is 0 Å². The second-order valence-electron chi connectivity index (χ2n) is 3.10. The first-order valence-electron chi connectivity index (χ1n) is 4.36. The van der Waals surface area contributed by atoms with Crippen molar-refractivity contribution in [2.45, 2.75) is 26.2 Å². The van der Waals surface area contributed by atoms with Crippen LogP contribution >= 0.6 is 0 Å². The molecule has 72 valence electrons. The van der Waals surface area contributed by atoms with Crippen LogP contribution in [-0.4, -0.2) is 20.9 Å². The first-order valence-corrected chi connectivity index (χ1v) is 4.36. The van der Waals surface area contributed by atoms with E-state index in [2.05, 4.69) is 12.0 Å². The average molecular weight is 182 g/mol. The summed E-state index contributed by atoms with van der Waals surface area (Å²) in [6.07, 6.45) is 3.69. The Bertz CT molecular complexity index is 305. The summed E-state index contributed by atoms with van der Waals surface area (Å²) in [5.74, 6) is -0.801. The molecule has 1 N–H and O–H groups in total. The number of nitrogens with zero attached hydrogens (tertiary/aromatic N) is 2. The third-order valence-corrected chi connectivity index (χ3v) is 1.82. The second kappa shape index (κ2) is 4.07. The third kappa shape index (κ3) is 2.57. The number of aromatic nitrogens is 2. The van der Waals surface area contributed by atoms with E-state index >= 15 is 0 Å². The van der Waals surface area contributed by atoms with E-state index in [1.807, 2.05) is 7.05 Å². The molecule has 0 atom stereocenters. The van der Waals surface area contributed by atoms with Gasteiger partial charge in [0.05, 0.1) is 12.1 Å². The van der Waals surface area contributed by atoms with Gasteiger partial charge in [0.1, 0.15) is 0 Å². The highest BCUT2D eigenvalue weighted by atomic mass is 16.4. The Morgan fingerprint density at radius 1 is 1.69 bits per heavy atom. The highest BCUT2D eigenvalue weighted by molar-refractivity contribution is 5.70. The van der Waals surface area contributed by atoms with Crippen LogP contribution < -0.4 is 0 Å². The van der Waals surface area contributed by atoms with Gasteiger partial charge in [-0.1, -0.05) is 13.3 Å². The number of carbonyl (C=O) groups is 1. The highest BCUT2D eigenvalue weighted by Gasteiger charge is 2.09. The lowest BCUT2D eigenvalue weighted by Gasteiger charge is -1.95. The molecule has 0 aromatic carbocycles. The quantitative estimate of drug-likeness (QED) is 0.755. The Kier molecular flexibility index (Phi) is 3.06. The van der Waals surface area contributed by atoms with Gasteiger partial charge in [0.15, 0.2) is 0 Å². The molecule has 0 aliphatic carbocycles. The number of carboxylic acids is 1. The van der Waals surface area contributed by atoms with Crippen molar-refractivity contribution in [3.05, 3.63) is 17.5 Å². The fourth-order valence-corrected chi connectivity index (χ4v) is 1.34. The van der Waals surface area contributed by atoms with Gasteiger partial charge in [-0.2, -0.15) is 5.10 Å². The normalized spacial score (nSPS) is 10.3. The smallest absolute Gasteiger partial charge is 0.307 e. The van der Waals surface area contributed by atoms with Crippen LogP contribution in [-0.2, 0) is 24.7 Å². The summed E-state index contributed by atoms with van der Waals surface area (Å²) >= 11 is 0. The van der Waals surface area contributed by atoms with Crippen molar-refractivity contribution in [2.24, 2.45) is 7.05 Å². The minimum Gasteiger partial charge on any atom is -0.481 e. The van der Waals surface area contributed by atoms with Crippen LogP contribution in [0.5, 0.6) is 0 Å². The molecule has 0 aliphatic rings. The molecule has 0 amide bonds. The maximum atomic E-state index is 10.5. The Hall–Kier alpha value is -1.32. The van der Waals surface area contributed by atoms with E-state index in [1.54, 1.807) is 10.9 Å². The van der Waals surface area contributed by atoms with Crippen molar-refractivity contribution in [3.63, 3.8) is 0 Å². The predicted molar refractivity (Wildman–Crippen MR) is 48.5 cm³/mol. The van der Waals surface area contributed by atoms with Gasteiger partial charge in [-0.05, 0) is 6.42 Å². The van der Waals surface area contributed by atoms with E-state index < -0.39 is 5.97 Å². The lowest BCUT2D eigenvalue weighted by molar-refractivity contribution is -0.136. The Labute approximate surface area is 77.2 Å². The van der Waals surface area contributed by atoms with Gasteiger partial charge in [0, 0.05) is 18.8 Å². The molecule has 0 spiro atoms.